The third kappa shape index (κ3) is 7.87. The summed E-state index contributed by atoms with van der Waals surface area (Å²) in [5.74, 6) is 1.02. The zero-order chi connectivity index (χ0) is 29.5. The first kappa shape index (κ1) is 30.0. The number of nitrogens with zero attached hydrogens (tertiary/aromatic N) is 4. The number of rotatable bonds is 4. The number of fused-ring (bicyclic) bond motifs is 5. The van der Waals surface area contributed by atoms with E-state index in [2.05, 4.69) is 22.0 Å². The van der Waals surface area contributed by atoms with Crippen LogP contribution in [0.1, 0.15) is 31.4 Å². The largest absolute Gasteiger partial charge is 0.457 e. The maximum atomic E-state index is 13.3. The molecule has 3 amide bonds. The molecule has 226 valence electrons. The van der Waals surface area contributed by atoms with Crippen LogP contribution >= 0.6 is 0 Å². The summed E-state index contributed by atoms with van der Waals surface area (Å²) in [5, 5.41) is 3.12. The Kier molecular flexibility index (Phi) is 10.1. The number of carbonyl (C=O) groups excluding carboxylic acids is 3. The highest BCUT2D eigenvalue weighted by Gasteiger charge is 2.34. The smallest absolute Gasteiger partial charge is 0.239 e. The Bertz CT molecular complexity index is 1250. The van der Waals surface area contributed by atoms with Crippen molar-refractivity contribution in [3.05, 3.63) is 59.7 Å². The van der Waals surface area contributed by atoms with Gasteiger partial charge in [-0.1, -0.05) is 31.2 Å². The van der Waals surface area contributed by atoms with Crippen LogP contribution in [-0.2, 0) is 32.1 Å². The van der Waals surface area contributed by atoms with Crippen LogP contribution in [0.25, 0.3) is 0 Å². The first-order valence-electron chi connectivity index (χ1n) is 15.2. The molecule has 5 rings (SSSR count). The van der Waals surface area contributed by atoms with Crippen LogP contribution in [0.2, 0.25) is 0 Å². The zero-order valence-electron chi connectivity index (χ0n) is 24.8. The van der Waals surface area contributed by atoms with Crippen LogP contribution in [-0.4, -0.2) is 115 Å². The summed E-state index contributed by atoms with van der Waals surface area (Å²) in [6, 6.07) is 14.8. The fourth-order valence-corrected chi connectivity index (χ4v) is 5.90. The van der Waals surface area contributed by atoms with E-state index in [4.69, 9.17) is 9.47 Å². The molecular formula is C32H43N5O5. The predicted octanol–water partition coefficient (Wildman–Crippen LogP) is 2.12. The molecule has 2 atom stereocenters. The van der Waals surface area contributed by atoms with Gasteiger partial charge in [-0.2, -0.15) is 0 Å². The third-order valence-corrected chi connectivity index (χ3v) is 8.44. The van der Waals surface area contributed by atoms with Gasteiger partial charge in [-0.15, -0.1) is 0 Å². The molecule has 0 radical (unpaired) electrons. The molecule has 3 aliphatic rings. The highest BCUT2D eigenvalue weighted by Crippen LogP contribution is 2.25. The quantitative estimate of drug-likeness (QED) is 0.595. The standard InChI is InChI=1S/C32H43N5O5/c1-3-34-13-15-35(16-14-34)22-32(40)37-12-11-29-28(20-37)33-30(38)21-36(4-2)31(39)19-24-7-5-9-26(17-24)42-27-10-6-8-25(18-27)23-41-29/h5-10,17-18,28-29H,3-4,11-16,19-23H2,1-2H3,(H,33,38)/t28-,29-/m0/s1. The van der Waals surface area contributed by atoms with Crippen molar-refractivity contribution in [2.24, 2.45) is 0 Å². The van der Waals surface area contributed by atoms with Gasteiger partial charge in [0.2, 0.25) is 17.7 Å². The van der Waals surface area contributed by atoms with Gasteiger partial charge in [0, 0.05) is 45.8 Å². The molecule has 0 aromatic heterocycles. The summed E-state index contributed by atoms with van der Waals surface area (Å²) < 4.78 is 12.5. The van der Waals surface area contributed by atoms with Crippen LogP contribution in [0.5, 0.6) is 11.5 Å². The number of hydrogen-bond acceptors (Lipinski definition) is 7. The second-order valence-electron chi connectivity index (χ2n) is 11.3. The third-order valence-electron chi connectivity index (χ3n) is 8.44. The number of piperidine rings is 1. The van der Waals surface area contributed by atoms with Gasteiger partial charge in [-0.25, -0.2) is 0 Å². The van der Waals surface area contributed by atoms with E-state index < -0.39 is 0 Å². The Morgan fingerprint density at radius 3 is 2.31 bits per heavy atom. The molecule has 2 fully saturated rings. The molecule has 0 spiro atoms. The lowest BCUT2D eigenvalue weighted by atomic mass is 10.0. The van der Waals surface area contributed by atoms with Gasteiger partial charge in [-0.3, -0.25) is 19.3 Å². The molecule has 0 unspecified atom stereocenters. The number of nitrogens with one attached hydrogen (secondary N) is 1. The van der Waals surface area contributed by atoms with Gasteiger partial charge in [-0.05, 0) is 55.3 Å². The highest BCUT2D eigenvalue weighted by molar-refractivity contribution is 5.86. The lowest BCUT2D eigenvalue weighted by Crippen LogP contribution is -2.59. The maximum Gasteiger partial charge on any atom is 0.239 e. The molecule has 2 saturated heterocycles. The molecule has 0 aliphatic carbocycles. The second kappa shape index (κ2) is 14.1. The zero-order valence-corrected chi connectivity index (χ0v) is 24.8. The van der Waals surface area contributed by atoms with Crippen LogP contribution in [0.15, 0.2) is 48.5 Å². The average molecular weight is 578 g/mol. The van der Waals surface area contributed by atoms with E-state index in [0.29, 0.717) is 50.7 Å². The molecular weight excluding hydrogens is 534 g/mol. The minimum atomic E-state index is -0.383. The number of carbonyl (C=O) groups is 3. The molecule has 1 N–H and O–H groups in total. The molecule has 10 nitrogen and oxygen atoms in total. The summed E-state index contributed by atoms with van der Waals surface area (Å²) >= 11 is 0. The Morgan fingerprint density at radius 1 is 0.905 bits per heavy atom. The number of likely N-dealkylation sites (N-methyl/N-ethyl adjacent to an activating group) is 2. The average Bonchev–Trinajstić information content (AvgIpc) is 2.99. The van der Waals surface area contributed by atoms with E-state index in [1.807, 2.05) is 60.4 Å². The van der Waals surface area contributed by atoms with Crippen molar-refractivity contribution >= 4 is 17.7 Å². The lowest BCUT2D eigenvalue weighted by molar-refractivity contribution is -0.140. The van der Waals surface area contributed by atoms with Gasteiger partial charge >= 0.3 is 0 Å². The lowest BCUT2D eigenvalue weighted by Gasteiger charge is -2.40. The Balaban J connectivity index is 1.31. The second-order valence-corrected chi connectivity index (χ2v) is 11.3. The van der Waals surface area contributed by atoms with Crippen molar-refractivity contribution in [3.63, 3.8) is 0 Å². The van der Waals surface area contributed by atoms with E-state index in [-0.39, 0.29) is 42.8 Å². The summed E-state index contributed by atoms with van der Waals surface area (Å²) in [5.41, 5.74) is 1.77. The van der Waals surface area contributed by atoms with Crippen molar-refractivity contribution < 1.29 is 23.9 Å². The number of likely N-dealkylation sites (tertiary alicyclic amines) is 1. The Hall–Kier alpha value is -3.47. The fraction of sp³-hybridized carbons (Fsp3) is 0.531. The van der Waals surface area contributed by atoms with Crippen LogP contribution in [0.4, 0.5) is 0 Å². The summed E-state index contributed by atoms with van der Waals surface area (Å²) in [4.78, 5) is 47.8. The summed E-state index contributed by atoms with van der Waals surface area (Å²) in [6.07, 6.45) is 0.508. The van der Waals surface area contributed by atoms with Crippen LogP contribution in [0.3, 0.4) is 0 Å². The van der Waals surface area contributed by atoms with Gasteiger partial charge < -0.3 is 29.5 Å². The predicted molar refractivity (Wildman–Crippen MR) is 159 cm³/mol. The molecule has 4 bridgehead atoms. The number of hydrogen-bond donors (Lipinski definition) is 1. The van der Waals surface area contributed by atoms with Crippen molar-refractivity contribution in [2.45, 2.75) is 45.4 Å². The molecule has 0 saturated carbocycles. The van der Waals surface area contributed by atoms with E-state index in [1.54, 1.807) is 4.90 Å². The van der Waals surface area contributed by atoms with Crippen molar-refractivity contribution in [1.82, 2.24) is 24.9 Å². The normalized spacial score (nSPS) is 23.0. The van der Waals surface area contributed by atoms with Gasteiger partial charge in [0.05, 0.1) is 38.3 Å². The SMILES string of the molecule is CCN1CCN(CC(=O)N2CC[C@@H]3OCc4cccc(c4)Oc4cccc(c4)CC(=O)N(CC)CC(=O)N[C@H]3C2)CC1. The summed E-state index contributed by atoms with van der Waals surface area (Å²) in [6.45, 7) is 10.8. The van der Waals surface area contributed by atoms with E-state index in [1.165, 1.54) is 0 Å². The number of benzene rings is 2. The monoisotopic (exact) mass is 577 g/mol. The van der Waals surface area contributed by atoms with Gasteiger partial charge in [0.25, 0.3) is 0 Å². The summed E-state index contributed by atoms with van der Waals surface area (Å²) in [7, 11) is 0. The first-order chi connectivity index (χ1) is 20.4. The van der Waals surface area contributed by atoms with Crippen molar-refractivity contribution in [1.29, 1.82) is 0 Å². The molecule has 2 aromatic rings. The Labute approximate surface area is 248 Å². The Morgan fingerprint density at radius 2 is 1.60 bits per heavy atom. The fourth-order valence-electron chi connectivity index (χ4n) is 5.90. The van der Waals surface area contributed by atoms with Crippen molar-refractivity contribution in [3.8, 4) is 11.5 Å². The minimum Gasteiger partial charge on any atom is -0.457 e. The molecule has 3 heterocycles. The van der Waals surface area contributed by atoms with Crippen LogP contribution < -0.4 is 10.1 Å². The highest BCUT2D eigenvalue weighted by atomic mass is 16.5. The van der Waals surface area contributed by atoms with E-state index >= 15 is 0 Å². The molecule has 10 heteroatoms. The number of ether oxygens (including phenoxy) is 2. The number of amides is 3. The topological polar surface area (TPSA) is 94.7 Å². The molecule has 42 heavy (non-hydrogen) atoms. The number of piperazine rings is 1. The first-order valence-corrected chi connectivity index (χ1v) is 15.2. The maximum absolute atomic E-state index is 13.3. The van der Waals surface area contributed by atoms with Gasteiger partial charge in [0.15, 0.2) is 0 Å². The van der Waals surface area contributed by atoms with Gasteiger partial charge in [0.1, 0.15) is 11.5 Å². The van der Waals surface area contributed by atoms with E-state index in [0.717, 1.165) is 43.9 Å². The van der Waals surface area contributed by atoms with Crippen LogP contribution in [0, 0.1) is 0 Å². The minimum absolute atomic E-state index is 0.0504. The molecule has 2 aromatic carbocycles. The molecule has 3 aliphatic heterocycles. The van der Waals surface area contributed by atoms with Crippen molar-refractivity contribution in [2.75, 3.05) is 65.4 Å². The van der Waals surface area contributed by atoms with E-state index in [9.17, 15) is 14.4 Å².